The first kappa shape index (κ1) is 11.0. The van der Waals surface area contributed by atoms with E-state index in [2.05, 4.69) is 66.5 Å². The van der Waals surface area contributed by atoms with Crippen LogP contribution in [-0.2, 0) is 0 Å². The molecule has 0 N–H and O–H groups in total. The fourth-order valence-electron chi connectivity index (χ4n) is 1.03. The summed E-state index contributed by atoms with van der Waals surface area (Å²) in [6, 6.07) is 0. The van der Waals surface area contributed by atoms with Crippen LogP contribution >= 0.6 is 31.9 Å². The number of halogens is 2. The fraction of sp³-hybridized carbons (Fsp3) is 1.00. The summed E-state index contributed by atoms with van der Waals surface area (Å²) in [4.78, 5) is 0.493. The highest BCUT2D eigenvalue weighted by atomic mass is 79.9. The van der Waals surface area contributed by atoms with E-state index >= 15 is 0 Å². The molecule has 0 aliphatic carbocycles. The molecule has 1 unspecified atom stereocenters. The smallest absolute Gasteiger partial charge is 0.0342 e. The summed E-state index contributed by atoms with van der Waals surface area (Å²) in [5.41, 5.74) is 0.313. The molecule has 0 aromatic heterocycles. The van der Waals surface area contributed by atoms with E-state index in [0.29, 0.717) is 10.2 Å². The van der Waals surface area contributed by atoms with Crippen LogP contribution in [0.5, 0.6) is 0 Å². The molecule has 0 aromatic carbocycles. The predicted molar refractivity (Wildman–Crippen MR) is 55.2 cm³/mol. The lowest BCUT2D eigenvalue weighted by Gasteiger charge is -2.34. The highest BCUT2D eigenvalue weighted by Gasteiger charge is 2.33. The summed E-state index contributed by atoms with van der Waals surface area (Å²) >= 11 is 7.30. The lowest BCUT2D eigenvalue weighted by Crippen LogP contribution is -2.35. The van der Waals surface area contributed by atoms with Gasteiger partial charge in [-0.05, 0) is 19.3 Å². The van der Waals surface area contributed by atoms with Crippen LogP contribution in [0, 0.1) is 5.41 Å². The molecule has 0 radical (unpaired) electrons. The van der Waals surface area contributed by atoms with E-state index in [1.165, 1.54) is 0 Å². The average Bonchev–Trinajstić information content (AvgIpc) is 1.59. The molecule has 1 atom stereocenters. The van der Waals surface area contributed by atoms with E-state index in [9.17, 15) is 0 Å². The van der Waals surface area contributed by atoms with Gasteiger partial charge in [-0.1, -0.05) is 52.6 Å². The second-order valence-electron chi connectivity index (χ2n) is 4.29. The zero-order valence-electron chi connectivity index (χ0n) is 7.33. The van der Waals surface area contributed by atoms with Crippen LogP contribution < -0.4 is 0 Å². The predicted octanol–water partition coefficient (Wildman–Crippen LogP) is 3.97. The van der Waals surface area contributed by atoms with Gasteiger partial charge in [-0.15, -0.1) is 0 Å². The molecule has 0 bridgehead atoms. The van der Waals surface area contributed by atoms with Crippen molar-refractivity contribution in [2.45, 2.75) is 43.8 Å². The van der Waals surface area contributed by atoms with Crippen molar-refractivity contribution in [3.63, 3.8) is 0 Å². The minimum absolute atomic E-state index is 0.172. The third-order valence-electron chi connectivity index (χ3n) is 1.36. The van der Waals surface area contributed by atoms with Gasteiger partial charge in [0, 0.05) is 9.15 Å². The lowest BCUT2D eigenvalue weighted by atomic mass is 9.86. The molecule has 0 aromatic rings. The van der Waals surface area contributed by atoms with Crippen molar-refractivity contribution in [2.75, 3.05) is 0 Å². The van der Waals surface area contributed by atoms with Crippen molar-refractivity contribution >= 4 is 31.9 Å². The van der Waals surface area contributed by atoms with Crippen LogP contribution in [0.4, 0.5) is 0 Å². The van der Waals surface area contributed by atoms with Gasteiger partial charge in [0.05, 0.1) is 0 Å². The van der Waals surface area contributed by atoms with Gasteiger partial charge in [0.1, 0.15) is 0 Å². The second kappa shape index (κ2) is 3.14. The van der Waals surface area contributed by atoms with Gasteiger partial charge in [0.25, 0.3) is 0 Å². The van der Waals surface area contributed by atoms with Crippen molar-refractivity contribution in [3.8, 4) is 0 Å². The number of rotatable bonds is 1. The van der Waals surface area contributed by atoms with Crippen molar-refractivity contribution in [3.05, 3.63) is 0 Å². The van der Waals surface area contributed by atoms with Gasteiger partial charge in [-0.2, -0.15) is 0 Å². The molecule has 0 fully saturated rings. The third-order valence-corrected chi connectivity index (χ3v) is 4.95. The van der Waals surface area contributed by atoms with E-state index in [-0.39, 0.29) is 4.32 Å². The Hall–Kier alpha value is 0.960. The van der Waals surface area contributed by atoms with E-state index < -0.39 is 0 Å². The Bertz CT molecular complexity index is 91.4. The van der Waals surface area contributed by atoms with Crippen LogP contribution in [0.15, 0.2) is 0 Å². The minimum Gasteiger partial charge on any atom is -0.0870 e. The lowest BCUT2D eigenvalue weighted by molar-refractivity contribution is 0.364. The molecule has 0 spiro atoms. The van der Waals surface area contributed by atoms with E-state index in [0.717, 1.165) is 0 Å². The molecule has 0 rings (SSSR count). The molecule has 0 saturated carbocycles. The first-order chi connectivity index (χ1) is 4.15. The first-order valence-corrected chi connectivity index (χ1v) is 5.19. The maximum atomic E-state index is 3.67. The van der Waals surface area contributed by atoms with Gasteiger partial charge in [-0.25, -0.2) is 0 Å². The molecular formula is C8H16Br2. The molecule has 62 valence electrons. The standard InChI is InChI=1S/C8H16Br2/c1-7(2,3)6(9)8(4,5)10/h6H,1-5H3. The summed E-state index contributed by atoms with van der Waals surface area (Å²) in [7, 11) is 0. The van der Waals surface area contributed by atoms with E-state index in [1.807, 2.05) is 0 Å². The Labute approximate surface area is 81.0 Å². The summed E-state index contributed by atoms with van der Waals surface area (Å²) in [6.07, 6.45) is 0. The van der Waals surface area contributed by atoms with Gasteiger partial charge < -0.3 is 0 Å². The summed E-state index contributed by atoms with van der Waals surface area (Å²) in [5.74, 6) is 0. The van der Waals surface area contributed by atoms with Crippen molar-refractivity contribution in [1.29, 1.82) is 0 Å². The Kier molecular flexibility index (Phi) is 3.44. The third kappa shape index (κ3) is 3.38. The number of alkyl halides is 2. The van der Waals surface area contributed by atoms with E-state index in [4.69, 9.17) is 0 Å². The molecule has 0 aliphatic rings. The zero-order valence-corrected chi connectivity index (χ0v) is 10.5. The van der Waals surface area contributed by atoms with Gasteiger partial charge in [0.15, 0.2) is 0 Å². The van der Waals surface area contributed by atoms with Crippen molar-refractivity contribution < 1.29 is 0 Å². The second-order valence-corrected chi connectivity index (χ2v) is 7.25. The van der Waals surface area contributed by atoms with Crippen molar-refractivity contribution in [1.82, 2.24) is 0 Å². The van der Waals surface area contributed by atoms with Crippen LogP contribution in [-0.4, -0.2) is 9.15 Å². The Morgan fingerprint density at radius 2 is 1.30 bits per heavy atom. The normalized spacial score (nSPS) is 17.1. The highest BCUT2D eigenvalue weighted by Crippen LogP contribution is 2.38. The quantitative estimate of drug-likeness (QED) is 0.633. The maximum Gasteiger partial charge on any atom is 0.0342 e. The Morgan fingerprint density at radius 1 is 1.00 bits per heavy atom. The van der Waals surface area contributed by atoms with Crippen LogP contribution in [0.2, 0.25) is 0 Å². The Morgan fingerprint density at radius 3 is 1.30 bits per heavy atom. The monoisotopic (exact) mass is 270 g/mol. The SMILES string of the molecule is CC(C)(C)C(Br)C(C)(C)Br. The van der Waals surface area contributed by atoms with Crippen molar-refractivity contribution in [2.24, 2.45) is 5.41 Å². The molecule has 0 aliphatic heterocycles. The number of hydrogen-bond donors (Lipinski definition) is 0. The molecule has 0 heterocycles. The fourth-order valence-corrected chi connectivity index (χ4v) is 1.72. The van der Waals surface area contributed by atoms with Gasteiger partial charge >= 0.3 is 0 Å². The van der Waals surface area contributed by atoms with E-state index in [1.54, 1.807) is 0 Å². The number of hydrogen-bond acceptors (Lipinski definition) is 0. The summed E-state index contributed by atoms with van der Waals surface area (Å²) in [6.45, 7) is 11.1. The molecule has 10 heavy (non-hydrogen) atoms. The van der Waals surface area contributed by atoms with Crippen LogP contribution in [0.1, 0.15) is 34.6 Å². The topological polar surface area (TPSA) is 0 Å². The maximum absolute atomic E-state index is 3.67. The largest absolute Gasteiger partial charge is 0.0870 e. The molecule has 0 amide bonds. The van der Waals surface area contributed by atoms with Crippen LogP contribution in [0.25, 0.3) is 0 Å². The van der Waals surface area contributed by atoms with Crippen LogP contribution in [0.3, 0.4) is 0 Å². The van der Waals surface area contributed by atoms with Gasteiger partial charge in [0.2, 0.25) is 0 Å². The van der Waals surface area contributed by atoms with Gasteiger partial charge in [-0.3, -0.25) is 0 Å². The zero-order chi connectivity index (χ0) is 8.58. The summed E-state index contributed by atoms with van der Waals surface area (Å²) < 4.78 is 0.172. The molecule has 0 saturated heterocycles. The molecule has 0 nitrogen and oxygen atoms in total. The molecular weight excluding hydrogens is 256 g/mol. The average molecular weight is 272 g/mol. The first-order valence-electron chi connectivity index (χ1n) is 3.48. The highest BCUT2D eigenvalue weighted by molar-refractivity contribution is 9.12. The summed E-state index contributed by atoms with van der Waals surface area (Å²) in [5, 5.41) is 0. The Balaban J connectivity index is 4.23. The minimum atomic E-state index is 0.172. The molecule has 2 heteroatoms.